The van der Waals surface area contributed by atoms with Gasteiger partial charge >= 0.3 is 0 Å². The molecule has 3 fully saturated rings. The number of hydrogen-bond donors (Lipinski definition) is 0. The summed E-state index contributed by atoms with van der Waals surface area (Å²) in [5.41, 5.74) is 4.95. The van der Waals surface area contributed by atoms with Gasteiger partial charge in [-0.2, -0.15) is 0 Å². The summed E-state index contributed by atoms with van der Waals surface area (Å²) in [4.78, 5) is 32.8. The van der Waals surface area contributed by atoms with E-state index in [0.29, 0.717) is 77.5 Å². The molecule has 2 saturated heterocycles. The van der Waals surface area contributed by atoms with Crippen molar-refractivity contribution in [3.63, 3.8) is 0 Å². The molecule has 1 atom stereocenters. The maximum atomic E-state index is 13.7. The molecule has 3 aliphatic rings. The molecule has 2 aliphatic heterocycles. The van der Waals surface area contributed by atoms with Gasteiger partial charge in [-0.15, -0.1) is 0 Å². The topological polar surface area (TPSA) is 53.1 Å². The molecule has 1 saturated carbocycles. The van der Waals surface area contributed by atoms with E-state index in [-0.39, 0.29) is 30.4 Å². The molecule has 270 valence electrons. The number of likely N-dealkylation sites (tertiary alicyclic amines) is 1. The molecular weight excluding hydrogens is 676 g/mol. The maximum Gasteiger partial charge on any atom is 0.253 e. The number of alkyl halides is 1. The van der Waals surface area contributed by atoms with Crippen LogP contribution in [0.4, 0.5) is 4.39 Å². The zero-order valence-electron chi connectivity index (χ0n) is 30.3. The standard InChI is InChI=1S/C39H56Cl2FN3O3Si/c1-26(2)49(27(3)4,28(5)6)48-34-13-11-33(12-14-34)45-17-15-31(39(45)47)23-35-36(40)24-32(25-37(35)41)29-7-9-30(10-8-29)38(46)44-21-19-43(18-16-42)20-22-44/h7-10,24-28,31,33-34H,11-23H2,1-6H3/t31-,33-,34+/m0/s1. The van der Waals surface area contributed by atoms with E-state index in [1.54, 1.807) is 0 Å². The van der Waals surface area contributed by atoms with E-state index in [4.69, 9.17) is 27.6 Å². The average Bonchev–Trinajstić information content (AvgIpc) is 3.44. The van der Waals surface area contributed by atoms with Crippen LogP contribution >= 0.6 is 23.2 Å². The fourth-order valence-electron chi connectivity index (χ4n) is 8.98. The van der Waals surface area contributed by atoms with Gasteiger partial charge in [0, 0.05) is 72.9 Å². The van der Waals surface area contributed by atoms with Crippen molar-refractivity contribution in [3.8, 4) is 11.1 Å². The Morgan fingerprint density at radius 2 is 1.41 bits per heavy atom. The maximum absolute atomic E-state index is 13.7. The van der Waals surface area contributed by atoms with Crippen LogP contribution in [-0.4, -0.2) is 92.9 Å². The zero-order chi connectivity index (χ0) is 35.5. The molecule has 0 aromatic heterocycles. The fourth-order valence-corrected chi connectivity index (χ4v) is 15.3. The molecular formula is C39H56Cl2FN3O3Si. The van der Waals surface area contributed by atoms with E-state index in [2.05, 4.69) is 46.4 Å². The lowest BCUT2D eigenvalue weighted by Crippen LogP contribution is -2.51. The Morgan fingerprint density at radius 1 is 0.837 bits per heavy atom. The summed E-state index contributed by atoms with van der Waals surface area (Å²) in [7, 11) is -1.92. The van der Waals surface area contributed by atoms with E-state index in [1.165, 1.54) is 0 Å². The Balaban J connectivity index is 1.17. The average molecular weight is 733 g/mol. The van der Waals surface area contributed by atoms with E-state index in [0.717, 1.165) is 55.3 Å². The van der Waals surface area contributed by atoms with Gasteiger partial charge in [0.15, 0.2) is 0 Å². The monoisotopic (exact) mass is 731 g/mol. The van der Waals surface area contributed by atoms with Crippen molar-refractivity contribution in [3.05, 3.63) is 57.6 Å². The lowest BCUT2D eigenvalue weighted by Gasteiger charge is -2.46. The third kappa shape index (κ3) is 8.41. The molecule has 0 spiro atoms. The molecule has 2 aromatic rings. The molecule has 2 amide bonds. The molecule has 0 radical (unpaired) electrons. The summed E-state index contributed by atoms with van der Waals surface area (Å²) in [6.45, 7) is 17.5. The summed E-state index contributed by atoms with van der Waals surface area (Å²) in [5.74, 6) is 0.0864. The SMILES string of the molecule is CC(C)[Si](O[C@H]1CC[C@@H](N2CC[C@@H](Cc3c(Cl)cc(-c4ccc(C(=O)N5CCN(CCF)CC5)cc4)cc3Cl)C2=O)CC1)(C(C)C)C(C)C. The third-order valence-corrected chi connectivity index (χ3v) is 18.5. The van der Waals surface area contributed by atoms with Gasteiger partial charge in [0.1, 0.15) is 6.67 Å². The van der Waals surface area contributed by atoms with Crippen LogP contribution in [0, 0.1) is 5.92 Å². The van der Waals surface area contributed by atoms with Crippen LogP contribution in [0.3, 0.4) is 0 Å². The van der Waals surface area contributed by atoms with Crippen LogP contribution in [0.1, 0.15) is 89.6 Å². The fraction of sp³-hybridized carbons (Fsp3) is 0.641. The summed E-state index contributed by atoms with van der Waals surface area (Å²) >= 11 is 13.7. The van der Waals surface area contributed by atoms with Crippen LogP contribution in [-0.2, 0) is 15.6 Å². The van der Waals surface area contributed by atoms with Crippen molar-refractivity contribution in [1.29, 1.82) is 0 Å². The number of amides is 2. The van der Waals surface area contributed by atoms with Crippen molar-refractivity contribution in [2.24, 2.45) is 5.92 Å². The van der Waals surface area contributed by atoms with E-state index >= 15 is 0 Å². The van der Waals surface area contributed by atoms with Crippen molar-refractivity contribution in [2.45, 2.75) is 109 Å². The van der Waals surface area contributed by atoms with Gasteiger partial charge in [-0.3, -0.25) is 14.5 Å². The molecule has 10 heteroatoms. The van der Waals surface area contributed by atoms with Gasteiger partial charge < -0.3 is 14.2 Å². The summed E-state index contributed by atoms with van der Waals surface area (Å²) in [5, 5.41) is 1.12. The molecule has 2 aromatic carbocycles. The number of carbonyl (C=O) groups excluding carboxylic acids is 2. The van der Waals surface area contributed by atoms with Crippen LogP contribution < -0.4 is 0 Å². The number of piperazine rings is 1. The second-order valence-corrected chi connectivity index (χ2v) is 21.6. The van der Waals surface area contributed by atoms with E-state index < -0.39 is 8.32 Å². The van der Waals surface area contributed by atoms with Gasteiger partial charge in [0.05, 0.1) is 0 Å². The Labute approximate surface area is 304 Å². The van der Waals surface area contributed by atoms with Gasteiger partial charge in [0.2, 0.25) is 14.2 Å². The van der Waals surface area contributed by atoms with Crippen LogP contribution in [0.2, 0.25) is 26.7 Å². The first-order chi connectivity index (χ1) is 23.3. The Bertz CT molecular complexity index is 1390. The Morgan fingerprint density at radius 3 is 1.94 bits per heavy atom. The summed E-state index contributed by atoms with van der Waals surface area (Å²) in [6, 6.07) is 11.6. The van der Waals surface area contributed by atoms with Crippen LogP contribution in [0.25, 0.3) is 11.1 Å². The smallest absolute Gasteiger partial charge is 0.253 e. The number of carbonyl (C=O) groups is 2. The highest BCUT2D eigenvalue weighted by Crippen LogP contribution is 2.45. The number of benzene rings is 2. The molecule has 2 heterocycles. The number of hydrogen-bond acceptors (Lipinski definition) is 4. The largest absolute Gasteiger partial charge is 0.413 e. The molecule has 49 heavy (non-hydrogen) atoms. The molecule has 0 bridgehead atoms. The zero-order valence-corrected chi connectivity index (χ0v) is 32.8. The lowest BCUT2D eigenvalue weighted by atomic mass is 9.92. The normalized spacial score (nSPS) is 22.6. The number of halogens is 3. The summed E-state index contributed by atoms with van der Waals surface area (Å²) in [6.07, 6.45) is 5.68. The van der Waals surface area contributed by atoms with Gasteiger partial charge in [-0.05, 0) is 96.1 Å². The predicted molar refractivity (Wildman–Crippen MR) is 202 cm³/mol. The first-order valence-corrected chi connectivity index (χ1v) is 21.4. The van der Waals surface area contributed by atoms with Crippen molar-refractivity contribution in [2.75, 3.05) is 45.9 Å². The van der Waals surface area contributed by atoms with Crippen molar-refractivity contribution in [1.82, 2.24) is 14.7 Å². The van der Waals surface area contributed by atoms with Gasteiger partial charge in [-0.25, -0.2) is 4.39 Å². The number of rotatable bonds is 12. The van der Waals surface area contributed by atoms with E-state index in [1.807, 2.05) is 46.2 Å². The third-order valence-electron chi connectivity index (χ3n) is 11.6. The highest BCUT2D eigenvalue weighted by atomic mass is 35.5. The molecule has 0 N–H and O–H groups in total. The highest BCUT2D eigenvalue weighted by molar-refractivity contribution is 6.77. The van der Waals surface area contributed by atoms with Gasteiger partial charge in [-0.1, -0.05) is 76.9 Å². The lowest BCUT2D eigenvalue weighted by molar-refractivity contribution is -0.133. The second kappa shape index (κ2) is 16.6. The predicted octanol–water partition coefficient (Wildman–Crippen LogP) is 9.28. The first kappa shape index (κ1) is 38.3. The van der Waals surface area contributed by atoms with Crippen molar-refractivity contribution >= 4 is 43.3 Å². The quantitative estimate of drug-likeness (QED) is 0.204. The van der Waals surface area contributed by atoms with Crippen LogP contribution in [0.5, 0.6) is 0 Å². The minimum Gasteiger partial charge on any atom is -0.413 e. The van der Waals surface area contributed by atoms with Crippen LogP contribution in [0.15, 0.2) is 36.4 Å². The van der Waals surface area contributed by atoms with Crippen molar-refractivity contribution < 1.29 is 18.4 Å². The number of nitrogens with zero attached hydrogens (tertiary/aromatic N) is 3. The Kier molecular flexibility index (Phi) is 12.9. The summed E-state index contributed by atoms with van der Waals surface area (Å²) < 4.78 is 19.8. The minimum atomic E-state index is -1.92. The molecule has 0 unspecified atom stereocenters. The molecule has 5 rings (SSSR count). The Hall–Kier alpha value is -1.97. The second-order valence-electron chi connectivity index (χ2n) is 15.4. The molecule has 1 aliphatic carbocycles. The molecule has 6 nitrogen and oxygen atoms in total. The van der Waals surface area contributed by atoms with Gasteiger partial charge in [0.25, 0.3) is 5.91 Å². The minimum absolute atomic E-state index is 0.0124. The highest BCUT2D eigenvalue weighted by Gasteiger charge is 2.47. The first-order valence-electron chi connectivity index (χ1n) is 18.5. The van der Waals surface area contributed by atoms with E-state index in [9.17, 15) is 14.0 Å².